The zero-order valence-electron chi connectivity index (χ0n) is 19.8. The van der Waals surface area contributed by atoms with Crippen molar-refractivity contribution in [2.45, 2.75) is 70.7 Å². The molecule has 34 heavy (non-hydrogen) atoms. The van der Waals surface area contributed by atoms with Crippen LogP contribution in [-0.4, -0.2) is 18.0 Å². The topological polar surface area (TPSA) is 35.5 Å². The van der Waals surface area contributed by atoms with Crippen LogP contribution in [-0.2, 0) is 22.6 Å². The Labute approximate surface area is 201 Å². The zero-order chi connectivity index (χ0) is 23.8. The molecule has 1 aliphatic carbocycles. The minimum atomic E-state index is -0.260. The average Bonchev–Trinajstić information content (AvgIpc) is 2.84. The van der Waals surface area contributed by atoms with Crippen molar-refractivity contribution in [2.24, 2.45) is 0 Å². The van der Waals surface area contributed by atoms with Gasteiger partial charge in [-0.3, -0.25) is 0 Å². The van der Waals surface area contributed by atoms with Crippen molar-refractivity contribution in [1.29, 1.82) is 0 Å². The summed E-state index contributed by atoms with van der Waals surface area (Å²) in [7, 11) is 0. The third-order valence-corrected chi connectivity index (χ3v) is 6.40. The number of hydrogen-bond acceptors (Lipinski definition) is 3. The Balaban J connectivity index is 1.44. The molecular formula is C30H33FO3. The highest BCUT2D eigenvalue weighted by molar-refractivity contribution is 5.75. The summed E-state index contributed by atoms with van der Waals surface area (Å²) in [6, 6.07) is 23.0. The molecule has 2 unspecified atom stereocenters. The van der Waals surface area contributed by atoms with Crippen molar-refractivity contribution in [1.82, 2.24) is 0 Å². The number of Topliss-reactive ketones (excluding diaryl/α,β-unsaturated/α-hetero) is 1. The van der Waals surface area contributed by atoms with Crippen molar-refractivity contribution in [3.05, 3.63) is 89.7 Å². The average molecular weight is 461 g/mol. The van der Waals surface area contributed by atoms with E-state index in [1.165, 1.54) is 11.6 Å². The molecular weight excluding hydrogens is 427 g/mol. The quantitative estimate of drug-likeness (QED) is 0.318. The largest absolute Gasteiger partial charge is 0.490 e. The minimum Gasteiger partial charge on any atom is -0.490 e. The van der Waals surface area contributed by atoms with E-state index < -0.39 is 0 Å². The number of ketones is 1. The first-order chi connectivity index (χ1) is 16.6. The molecule has 178 valence electrons. The van der Waals surface area contributed by atoms with E-state index in [-0.39, 0.29) is 23.8 Å². The van der Waals surface area contributed by atoms with Gasteiger partial charge in [0.05, 0.1) is 12.7 Å². The van der Waals surface area contributed by atoms with Gasteiger partial charge >= 0.3 is 0 Å². The van der Waals surface area contributed by atoms with Gasteiger partial charge in [0, 0.05) is 12.8 Å². The molecule has 4 heteroatoms. The summed E-state index contributed by atoms with van der Waals surface area (Å²) in [5.41, 5.74) is 4.08. The van der Waals surface area contributed by atoms with Crippen molar-refractivity contribution in [3.8, 4) is 16.9 Å². The second-order valence-electron chi connectivity index (χ2n) is 9.21. The molecule has 0 aromatic heterocycles. The smallest absolute Gasteiger partial charge is 0.129 e. The summed E-state index contributed by atoms with van der Waals surface area (Å²) in [4.78, 5) is 11.4. The molecule has 0 N–H and O–H groups in total. The third-order valence-electron chi connectivity index (χ3n) is 6.40. The van der Waals surface area contributed by atoms with E-state index in [4.69, 9.17) is 9.47 Å². The molecule has 0 heterocycles. The van der Waals surface area contributed by atoms with Crippen LogP contribution in [0.2, 0.25) is 0 Å². The maximum Gasteiger partial charge on any atom is 0.129 e. The summed E-state index contributed by atoms with van der Waals surface area (Å²) < 4.78 is 26.5. The van der Waals surface area contributed by atoms with Crippen molar-refractivity contribution < 1.29 is 18.7 Å². The van der Waals surface area contributed by atoms with Crippen LogP contribution in [0.4, 0.5) is 4.39 Å². The van der Waals surface area contributed by atoms with Gasteiger partial charge in [0.1, 0.15) is 23.5 Å². The summed E-state index contributed by atoms with van der Waals surface area (Å²) in [5, 5.41) is 0. The van der Waals surface area contributed by atoms with Gasteiger partial charge < -0.3 is 14.3 Å². The summed E-state index contributed by atoms with van der Waals surface area (Å²) in [6.07, 6.45) is 6.37. The minimum absolute atomic E-state index is 0.0958. The van der Waals surface area contributed by atoms with E-state index in [2.05, 4.69) is 18.2 Å². The maximum atomic E-state index is 14.0. The van der Waals surface area contributed by atoms with Gasteiger partial charge in [0.2, 0.25) is 0 Å². The van der Waals surface area contributed by atoms with E-state index in [1.54, 1.807) is 19.1 Å². The Hall–Kier alpha value is -2.98. The summed E-state index contributed by atoms with van der Waals surface area (Å²) in [6.45, 7) is 2.24. The van der Waals surface area contributed by atoms with Gasteiger partial charge in [-0.1, -0.05) is 48.5 Å². The Morgan fingerprint density at radius 3 is 2.59 bits per heavy atom. The molecule has 0 amide bonds. The fraction of sp³-hybridized carbons (Fsp3) is 0.367. The molecule has 3 aromatic rings. The molecule has 0 saturated heterocycles. The van der Waals surface area contributed by atoms with Crippen molar-refractivity contribution in [2.75, 3.05) is 0 Å². The van der Waals surface area contributed by atoms with Crippen LogP contribution in [0.5, 0.6) is 5.75 Å². The summed E-state index contributed by atoms with van der Waals surface area (Å²) >= 11 is 0. The number of aryl methyl sites for hydroxylation is 1. The van der Waals surface area contributed by atoms with E-state index in [0.717, 1.165) is 61.0 Å². The zero-order valence-corrected chi connectivity index (χ0v) is 19.8. The third kappa shape index (κ3) is 7.01. The van der Waals surface area contributed by atoms with Gasteiger partial charge in [-0.2, -0.15) is 0 Å². The molecule has 0 radical (unpaired) electrons. The highest BCUT2D eigenvalue weighted by Crippen LogP contribution is 2.32. The van der Waals surface area contributed by atoms with E-state index >= 15 is 0 Å². The fourth-order valence-corrected chi connectivity index (χ4v) is 4.64. The lowest BCUT2D eigenvalue weighted by Crippen LogP contribution is -2.30. The lowest BCUT2D eigenvalue weighted by Gasteiger charge is -2.30. The monoisotopic (exact) mass is 460 g/mol. The van der Waals surface area contributed by atoms with Crippen molar-refractivity contribution in [3.63, 3.8) is 0 Å². The second-order valence-corrected chi connectivity index (χ2v) is 9.21. The Morgan fingerprint density at radius 2 is 1.79 bits per heavy atom. The van der Waals surface area contributed by atoms with Gasteiger partial charge in [0.15, 0.2) is 0 Å². The number of hydrogen-bond donors (Lipinski definition) is 0. The Kier molecular flexibility index (Phi) is 8.48. The number of halogens is 1. The predicted octanol–water partition coefficient (Wildman–Crippen LogP) is 7.31. The number of ether oxygens (including phenoxy) is 2. The van der Waals surface area contributed by atoms with E-state index in [9.17, 15) is 9.18 Å². The molecule has 2 atom stereocenters. The van der Waals surface area contributed by atoms with Crippen LogP contribution in [0.3, 0.4) is 0 Å². The van der Waals surface area contributed by atoms with Gasteiger partial charge in [-0.05, 0) is 85.5 Å². The first-order valence-corrected chi connectivity index (χ1v) is 12.3. The molecule has 4 rings (SSSR count). The van der Waals surface area contributed by atoms with E-state index in [1.807, 2.05) is 36.4 Å². The lowest BCUT2D eigenvalue weighted by molar-refractivity contribution is -0.117. The van der Waals surface area contributed by atoms with Crippen LogP contribution in [0, 0.1) is 5.82 Å². The van der Waals surface area contributed by atoms with Crippen LogP contribution in [0.15, 0.2) is 72.8 Å². The highest BCUT2D eigenvalue weighted by Gasteiger charge is 2.24. The molecule has 0 aliphatic heterocycles. The van der Waals surface area contributed by atoms with Crippen LogP contribution in [0.25, 0.3) is 11.1 Å². The van der Waals surface area contributed by atoms with E-state index in [0.29, 0.717) is 13.0 Å². The lowest BCUT2D eigenvalue weighted by atomic mass is 9.94. The van der Waals surface area contributed by atoms with Crippen LogP contribution >= 0.6 is 0 Å². The molecule has 0 spiro atoms. The van der Waals surface area contributed by atoms with Crippen LogP contribution in [0.1, 0.15) is 56.6 Å². The number of carbonyl (C=O) groups is 1. The van der Waals surface area contributed by atoms with Gasteiger partial charge in [-0.25, -0.2) is 4.39 Å². The molecule has 0 bridgehead atoms. The Morgan fingerprint density at radius 1 is 0.971 bits per heavy atom. The van der Waals surface area contributed by atoms with Gasteiger partial charge in [-0.15, -0.1) is 0 Å². The predicted molar refractivity (Wildman–Crippen MR) is 133 cm³/mol. The van der Waals surface area contributed by atoms with Gasteiger partial charge in [0.25, 0.3) is 0 Å². The molecule has 1 saturated carbocycles. The number of benzene rings is 3. The number of rotatable bonds is 10. The van der Waals surface area contributed by atoms with Crippen molar-refractivity contribution >= 4 is 5.78 Å². The first kappa shape index (κ1) is 24.2. The van der Waals surface area contributed by atoms with Crippen LogP contribution < -0.4 is 4.74 Å². The Bertz CT molecular complexity index is 1080. The molecule has 3 aromatic carbocycles. The first-order valence-electron chi connectivity index (χ1n) is 12.3. The SMILES string of the molecule is CC(=O)CCCc1ccc(OC2CCCC(OCc3ccccc3)C2)cc1-c1cccc(F)c1. The molecule has 1 aliphatic rings. The summed E-state index contributed by atoms with van der Waals surface area (Å²) in [5.74, 6) is 0.723. The standard InChI is InChI=1S/C30H33FO3/c1-22(32)8-5-11-24-16-17-29(20-30(24)25-12-6-13-26(31)18-25)34-28-15-7-14-27(19-28)33-21-23-9-3-2-4-10-23/h2-4,6,9-10,12-13,16-18,20,27-28H,5,7-8,11,14-15,19,21H2,1H3. The fourth-order valence-electron chi connectivity index (χ4n) is 4.64. The second kappa shape index (κ2) is 11.9. The maximum absolute atomic E-state index is 14.0. The number of carbonyl (C=O) groups excluding carboxylic acids is 1. The highest BCUT2D eigenvalue weighted by atomic mass is 19.1. The normalized spacial score (nSPS) is 17.9. The molecule has 1 fully saturated rings. The molecule has 3 nitrogen and oxygen atoms in total.